The number of halogens is 3. The Kier molecular flexibility index (Phi) is 4.77. The van der Waals surface area contributed by atoms with E-state index < -0.39 is 11.9 Å². The van der Waals surface area contributed by atoms with E-state index in [4.69, 9.17) is 0 Å². The number of nitrogens with one attached hydrogen (secondary N) is 2. The van der Waals surface area contributed by atoms with Gasteiger partial charge in [0.05, 0.1) is 0 Å². The quantitative estimate of drug-likeness (QED) is 0.863. The molecule has 4 nitrogen and oxygen atoms in total. The summed E-state index contributed by atoms with van der Waals surface area (Å²) in [6, 6.07) is 4.85. The molecule has 0 spiro atoms. The molecule has 1 heterocycles. The van der Waals surface area contributed by atoms with Crippen molar-refractivity contribution in [3.05, 3.63) is 40.6 Å². The minimum Gasteiger partial charge on any atom is -0.354 e. The van der Waals surface area contributed by atoms with Gasteiger partial charge in [0.1, 0.15) is 5.82 Å². The van der Waals surface area contributed by atoms with E-state index in [1.165, 1.54) is 0 Å². The van der Waals surface area contributed by atoms with E-state index in [1.54, 1.807) is 6.92 Å². The minimum absolute atomic E-state index is 0.0488. The van der Waals surface area contributed by atoms with Crippen molar-refractivity contribution < 1.29 is 13.2 Å². The van der Waals surface area contributed by atoms with E-state index in [9.17, 15) is 13.2 Å². The van der Waals surface area contributed by atoms with Crippen molar-refractivity contribution in [1.82, 2.24) is 9.97 Å². The Bertz CT molecular complexity index is 688. The lowest BCUT2D eigenvalue weighted by atomic mass is 10.1. The second kappa shape index (κ2) is 6.44. The zero-order chi connectivity index (χ0) is 17.2. The molecule has 0 amide bonds. The van der Waals surface area contributed by atoms with Crippen LogP contribution < -0.4 is 10.6 Å². The van der Waals surface area contributed by atoms with Crippen molar-refractivity contribution in [2.75, 3.05) is 17.2 Å². The van der Waals surface area contributed by atoms with Gasteiger partial charge in [-0.3, -0.25) is 0 Å². The summed E-state index contributed by atoms with van der Waals surface area (Å²) >= 11 is 0. The molecule has 2 aromatic rings. The molecule has 0 aliphatic heterocycles. The van der Waals surface area contributed by atoms with Crippen LogP contribution in [0.2, 0.25) is 0 Å². The monoisotopic (exact) mass is 324 g/mol. The van der Waals surface area contributed by atoms with E-state index in [-0.39, 0.29) is 11.8 Å². The van der Waals surface area contributed by atoms with Gasteiger partial charge < -0.3 is 10.6 Å². The highest BCUT2D eigenvalue weighted by Crippen LogP contribution is 2.31. The fourth-order valence-electron chi connectivity index (χ4n) is 2.40. The molecule has 0 bridgehead atoms. The Balaban J connectivity index is 2.45. The first-order chi connectivity index (χ1) is 10.7. The van der Waals surface area contributed by atoms with Gasteiger partial charge in [0, 0.05) is 18.3 Å². The van der Waals surface area contributed by atoms with Gasteiger partial charge in [0.15, 0.2) is 5.69 Å². The second-order valence-corrected chi connectivity index (χ2v) is 5.39. The van der Waals surface area contributed by atoms with Gasteiger partial charge in [-0.2, -0.15) is 18.2 Å². The maximum absolute atomic E-state index is 13.0. The Morgan fingerprint density at radius 2 is 1.61 bits per heavy atom. The van der Waals surface area contributed by atoms with Crippen LogP contribution in [0.1, 0.15) is 29.3 Å². The summed E-state index contributed by atoms with van der Waals surface area (Å²) in [5.74, 6) is 0.0607. The smallest absolute Gasteiger partial charge is 0.354 e. The van der Waals surface area contributed by atoms with E-state index in [0.29, 0.717) is 6.54 Å². The first kappa shape index (κ1) is 17.1. The van der Waals surface area contributed by atoms with Crippen LogP contribution in [-0.2, 0) is 6.18 Å². The Morgan fingerprint density at radius 1 is 1.00 bits per heavy atom. The number of anilines is 3. The van der Waals surface area contributed by atoms with Crippen molar-refractivity contribution in [2.24, 2.45) is 0 Å². The number of aromatic nitrogens is 2. The third kappa shape index (κ3) is 4.12. The fourth-order valence-corrected chi connectivity index (χ4v) is 2.40. The molecule has 0 atom stereocenters. The lowest BCUT2D eigenvalue weighted by molar-refractivity contribution is -0.141. The molecule has 0 aliphatic rings. The molecular weight excluding hydrogens is 305 g/mol. The first-order valence-electron chi connectivity index (χ1n) is 7.25. The van der Waals surface area contributed by atoms with Crippen molar-refractivity contribution in [1.29, 1.82) is 0 Å². The number of benzene rings is 1. The first-order valence-corrected chi connectivity index (χ1v) is 7.25. The molecule has 0 saturated carbocycles. The second-order valence-electron chi connectivity index (χ2n) is 5.39. The molecule has 0 fully saturated rings. The molecular formula is C16H19F3N4. The molecule has 7 heteroatoms. The summed E-state index contributed by atoms with van der Waals surface area (Å²) in [5, 5.41) is 5.71. The predicted octanol–water partition coefficient (Wildman–Crippen LogP) is 4.60. The van der Waals surface area contributed by atoms with Crippen LogP contribution in [0.25, 0.3) is 0 Å². The SMILES string of the molecule is CCNc1nc(Nc2c(C)cc(C)cc2C)cc(C(F)(F)F)n1. The van der Waals surface area contributed by atoms with Crippen LogP contribution in [-0.4, -0.2) is 16.5 Å². The van der Waals surface area contributed by atoms with Crippen molar-refractivity contribution in [3.8, 4) is 0 Å². The topological polar surface area (TPSA) is 49.8 Å². The summed E-state index contributed by atoms with van der Waals surface area (Å²) < 4.78 is 39.0. The normalized spacial score (nSPS) is 11.4. The number of hydrogen-bond acceptors (Lipinski definition) is 4. The Labute approximate surface area is 133 Å². The molecule has 0 radical (unpaired) electrons. The molecule has 23 heavy (non-hydrogen) atoms. The average molecular weight is 324 g/mol. The van der Waals surface area contributed by atoms with Crippen LogP contribution in [0, 0.1) is 20.8 Å². The lowest BCUT2D eigenvalue weighted by Crippen LogP contribution is -2.13. The molecule has 0 saturated heterocycles. The van der Waals surface area contributed by atoms with Gasteiger partial charge in [0.25, 0.3) is 0 Å². The molecule has 0 unspecified atom stereocenters. The highest BCUT2D eigenvalue weighted by Gasteiger charge is 2.33. The van der Waals surface area contributed by atoms with E-state index in [2.05, 4.69) is 20.6 Å². The molecule has 0 aliphatic carbocycles. The van der Waals surface area contributed by atoms with Gasteiger partial charge >= 0.3 is 6.18 Å². The molecule has 1 aromatic heterocycles. The highest BCUT2D eigenvalue weighted by atomic mass is 19.4. The minimum atomic E-state index is -4.53. The van der Waals surface area contributed by atoms with Crippen LogP contribution in [0.5, 0.6) is 0 Å². The van der Waals surface area contributed by atoms with E-state index >= 15 is 0 Å². The highest BCUT2D eigenvalue weighted by molar-refractivity contribution is 5.66. The van der Waals surface area contributed by atoms with Gasteiger partial charge in [-0.05, 0) is 38.8 Å². The summed E-state index contributed by atoms with van der Waals surface area (Å²) in [6.45, 7) is 7.98. The van der Waals surface area contributed by atoms with E-state index in [0.717, 1.165) is 28.4 Å². The van der Waals surface area contributed by atoms with Crippen molar-refractivity contribution in [2.45, 2.75) is 33.9 Å². The number of hydrogen-bond donors (Lipinski definition) is 2. The largest absolute Gasteiger partial charge is 0.433 e. The standard InChI is InChI=1S/C16H19F3N4/c1-5-20-15-21-12(16(17,18)19)8-13(23-15)22-14-10(3)6-9(2)7-11(14)4/h6-8H,5H2,1-4H3,(H2,20,21,22,23). The summed E-state index contributed by atoms with van der Waals surface area (Å²) in [7, 11) is 0. The molecule has 1 aromatic carbocycles. The van der Waals surface area contributed by atoms with Crippen LogP contribution in [0.15, 0.2) is 18.2 Å². The Morgan fingerprint density at radius 3 is 2.13 bits per heavy atom. The number of alkyl halides is 3. The number of aryl methyl sites for hydroxylation is 3. The van der Waals surface area contributed by atoms with Gasteiger partial charge in [-0.25, -0.2) is 4.98 Å². The summed E-state index contributed by atoms with van der Waals surface area (Å²) in [6.07, 6.45) is -4.53. The maximum atomic E-state index is 13.0. The van der Waals surface area contributed by atoms with Crippen LogP contribution in [0.3, 0.4) is 0 Å². The fraction of sp³-hybridized carbons (Fsp3) is 0.375. The number of rotatable bonds is 4. The van der Waals surface area contributed by atoms with Gasteiger partial charge in [-0.1, -0.05) is 17.7 Å². The Hall–Kier alpha value is -2.31. The third-order valence-electron chi connectivity index (χ3n) is 3.28. The van der Waals surface area contributed by atoms with Crippen molar-refractivity contribution in [3.63, 3.8) is 0 Å². The predicted molar refractivity (Wildman–Crippen MR) is 85.1 cm³/mol. The van der Waals surface area contributed by atoms with Gasteiger partial charge in [-0.15, -0.1) is 0 Å². The van der Waals surface area contributed by atoms with Crippen molar-refractivity contribution >= 4 is 17.5 Å². The zero-order valence-electron chi connectivity index (χ0n) is 13.5. The van der Waals surface area contributed by atoms with Crippen LogP contribution in [0.4, 0.5) is 30.6 Å². The van der Waals surface area contributed by atoms with Gasteiger partial charge in [0.2, 0.25) is 5.95 Å². The van der Waals surface area contributed by atoms with Crippen LogP contribution >= 0.6 is 0 Å². The summed E-state index contributed by atoms with van der Waals surface area (Å²) in [5.41, 5.74) is 2.76. The number of nitrogens with zero attached hydrogens (tertiary/aromatic N) is 2. The summed E-state index contributed by atoms with van der Waals surface area (Å²) in [4.78, 5) is 7.61. The maximum Gasteiger partial charge on any atom is 0.433 e. The molecule has 2 rings (SSSR count). The average Bonchev–Trinajstić information content (AvgIpc) is 2.42. The molecule has 2 N–H and O–H groups in total. The zero-order valence-corrected chi connectivity index (χ0v) is 13.5. The lowest BCUT2D eigenvalue weighted by Gasteiger charge is -2.15. The molecule has 124 valence electrons. The third-order valence-corrected chi connectivity index (χ3v) is 3.28. The van der Waals surface area contributed by atoms with E-state index in [1.807, 2.05) is 32.9 Å².